The fourth-order valence-corrected chi connectivity index (χ4v) is 3.16. The van der Waals surface area contributed by atoms with Crippen molar-refractivity contribution in [3.8, 4) is 0 Å². The molecule has 1 unspecified atom stereocenters. The minimum atomic E-state index is -1.59. The first kappa shape index (κ1) is 15.4. The summed E-state index contributed by atoms with van der Waals surface area (Å²) in [6.45, 7) is 8.01. The Balaban J connectivity index is 3.81. The molecule has 0 rings (SSSR count). The highest BCUT2D eigenvalue weighted by atomic mass is 28.3. The van der Waals surface area contributed by atoms with Gasteiger partial charge in [0.25, 0.3) is 0 Å². The molecule has 1 N–H and O–H groups in total. The van der Waals surface area contributed by atoms with Crippen LogP contribution in [0, 0.1) is 0 Å². The van der Waals surface area contributed by atoms with Crippen molar-refractivity contribution in [3.63, 3.8) is 0 Å². The van der Waals surface area contributed by atoms with Gasteiger partial charge in [0.2, 0.25) is 0 Å². The van der Waals surface area contributed by atoms with Gasteiger partial charge in [-0.25, -0.2) is 4.79 Å². The van der Waals surface area contributed by atoms with Crippen molar-refractivity contribution < 1.29 is 18.4 Å². The number of amides is 1. The molecule has 0 aromatic heterocycles. The van der Waals surface area contributed by atoms with Gasteiger partial charge >= 0.3 is 15.4 Å². The lowest BCUT2D eigenvalue weighted by molar-refractivity contribution is 0.170. The van der Waals surface area contributed by atoms with Crippen molar-refractivity contribution >= 4 is 15.4 Å². The highest BCUT2D eigenvalue weighted by Gasteiger charge is 2.21. The molecule has 0 heterocycles. The van der Waals surface area contributed by atoms with E-state index in [4.69, 9.17) is 8.85 Å². The van der Waals surface area contributed by atoms with Crippen LogP contribution in [0.2, 0.25) is 5.54 Å². The lowest BCUT2D eigenvalue weighted by atomic mass is 10.3. The van der Waals surface area contributed by atoms with Crippen LogP contribution >= 0.6 is 0 Å². The molecule has 0 aliphatic rings. The quantitative estimate of drug-likeness (QED) is 0.661. The van der Waals surface area contributed by atoms with Crippen LogP contribution in [0.1, 0.15) is 27.2 Å². The maximum Gasteiger partial charge on any atom is 0.406 e. The zero-order valence-electron chi connectivity index (χ0n) is 10.6. The van der Waals surface area contributed by atoms with Crippen molar-refractivity contribution in [2.45, 2.75) is 32.7 Å². The third-order valence-electron chi connectivity index (χ3n) is 2.18. The second-order valence-electron chi connectivity index (χ2n) is 3.46. The van der Waals surface area contributed by atoms with Gasteiger partial charge in [0.1, 0.15) is 0 Å². The summed E-state index contributed by atoms with van der Waals surface area (Å²) in [4.78, 5) is 10.8. The van der Waals surface area contributed by atoms with Crippen LogP contribution in [0.4, 0.5) is 4.79 Å². The van der Waals surface area contributed by atoms with E-state index in [0.717, 1.165) is 6.42 Å². The number of hydrogen-bond donors (Lipinski definition) is 1. The van der Waals surface area contributed by atoms with E-state index in [9.17, 15) is 4.79 Å². The summed E-state index contributed by atoms with van der Waals surface area (Å²) < 4.78 is 15.7. The molecule has 1 atom stereocenters. The molecular formula is C10H23NO4Si. The molecule has 0 aromatic rings. The fraction of sp³-hybridized carbons (Fsp3) is 0.900. The second-order valence-corrected chi connectivity index (χ2v) is 6.00. The van der Waals surface area contributed by atoms with Crippen molar-refractivity contribution in [3.05, 3.63) is 0 Å². The number of alkyl carbamates (subject to hydrolysis) is 1. The highest BCUT2D eigenvalue weighted by molar-refractivity contribution is 6.46. The van der Waals surface area contributed by atoms with E-state index in [0.29, 0.717) is 25.3 Å². The lowest BCUT2D eigenvalue weighted by Crippen LogP contribution is -2.31. The van der Waals surface area contributed by atoms with Crippen LogP contribution in [0.3, 0.4) is 0 Å². The van der Waals surface area contributed by atoms with E-state index in [1.54, 1.807) is 0 Å². The van der Waals surface area contributed by atoms with Gasteiger partial charge in [-0.05, 0) is 25.8 Å². The molecule has 0 spiro atoms. The van der Waals surface area contributed by atoms with Crippen molar-refractivity contribution in [2.24, 2.45) is 0 Å². The van der Waals surface area contributed by atoms with Gasteiger partial charge in [-0.2, -0.15) is 0 Å². The van der Waals surface area contributed by atoms with Gasteiger partial charge in [-0.1, -0.05) is 6.92 Å². The Morgan fingerprint density at radius 2 is 1.88 bits per heavy atom. The van der Waals surface area contributed by atoms with E-state index in [2.05, 4.69) is 17.0 Å². The zero-order valence-corrected chi connectivity index (χ0v) is 11.8. The van der Waals surface area contributed by atoms with Crippen molar-refractivity contribution in [1.29, 1.82) is 0 Å². The van der Waals surface area contributed by atoms with E-state index < -0.39 is 15.4 Å². The molecular weight excluding hydrogens is 226 g/mol. The monoisotopic (exact) mass is 249 g/mol. The lowest BCUT2D eigenvalue weighted by Gasteiger charge is -2.21. The molecule has 0 aliphatic carbocycles. The number of carbonyl (C=O) groups excluding carboxylic acids is 1. The molecule has 0 aromatic carbocycles. The Labute approximate surface area is 99.3 Å². The molecule has 0 saturated carbocycles. The maximum atomic E-state index is 10.8. The topological polar surface area (TPSA) is 56.8 Å². The Morgan fingerprint density at radius 3 is 2.31 bits per heavy atom. The predicted molar refractivity (Wildman–Crippen MR) is 64.8 cm³/mol. The standard InChI is InChI=1S/C10H23NO4Si/c1-5-14-16(15-6-2)9(3)7-8-11-10(12)13-4/h9,16H,5-8H2,1-4H3,(H,11,12). The summed E-state index contributed by atoms with van der Waals surface area (Å²) in [6, 6.07) is 0. The van der Waals surface area contributed by atoms with Crippen LogP contribution < -0.4 is 5.32 Å². The Kier molecular flexibility index (Phi) is 9.26. The molecule has 0 radical (unpaired) electrons. The Morgan fingerprint density at radius 1 is 1.31 bits per heavy atom. The molecule has 1 amide bonds. The van der Waals surface area contributed by atoms with Gasteiger partial charge in [0, 0.05) is 19.8 Å². The van der Waals surface area contributed by atoms with Crippen LogP contribution in [0.5, 0.6) is 0 Å². The summed E-state index contributed by atoms with van der Waals surface area (Å²) in [7, 11) is -0.234. The average molecular weight is 249 g/mol. The van der Waals surface area contributed by atoms with Gasteiger partial charge < -0.3 is 18.9 Å². The van der Waals surface area contributed by atoms with E-state index >= 15 is 0 Å². The normalized spacial score (nSPS) is 12.6. The minimum Gasteiger partial charge on any atom is -0.453 e. The number of ether oxygens (including phenoxy) is 1. The van der Waals surface area contributed by atoms with Gasteiger partial charge in [-0.15, -0.1) is 0 Å². The first-order chi connectivity index (χ1) is 7.65. The van der Waals surface area contributed by atoms with E-state index in [-0.39, 0.29) is 0 Å². The number of carbonyl (C=O) groups is 1. The van der Waals surface area contributed by atoms with Crippen LogP contribution in [0.25, 0.3) is 0 Å². The van der Waals surface area contributed by atoms with E-state index in [1.807, 2.05) is 13.8 Å². The van der Waals surface area contributed by atoms with E-state index in [1.165, 1.54) is 7.11 Å². The summed E-state index contributed by atoms with van der Waals surface area (Å²) in [5, 5.41) is 2.65. The minimum absolute atomic E-state index is 0.372. The van der Waals surface area contributed by atoms with Gasteiger partial charge in [0.15, 0.2) is 0 Å². The number of methoxy groups -OCH3 is 1. The Hall–Kier alpha value is -0.593. The number of rotatable bonds is 8. The van der Waals surface area contributed by atoms with Crippen LogP contribution in [-0.4, -0.2) is 42.2 Å². The summed E-state index contributed by atoms with van der Waals surface area (Å²) >= 11 is 0. The first-order valence-electron chi connectivity index (χ1n) is 5.70. The largest absolute Gasteiger partial charge is 0.453 e. The number of nitrogens with one attached hydrogen (secondary N) is 1. The SMILES string of the molecule is CCO[SiH](OCC)C(C)CCNC(=O)OC. The molecule has 0 bridgehead atoms. The molecule has 0 fully saturated rings. The smallest absolute Gasteiger partial charge is 0.406 e. The molecule has 0 saturated heterocycles. The molecule has 0 aliphatic heterocycles. The summed E-state index contributed by atoms with van der Waals surface area (Å²) in [6.07, 6.45) is 0.463. The third kappa shape index (κ3) is 6.81. The summed E-state index contributed by atoms with van der Waals surface area (Å²) in [5.74, 6) is 0. The highest BCUT2D eigenvalue weighted by Crippen LogP contribution is 2.15. The van der Waals surface area contributed by atoms with Crippen LogP contribution in [-0.2, 0) is 13.6 Å². The summed E-state index contributed by atoms with van der Waals surface area (Å²) in [5.41, 5.74) is 0.372. The number of hydrogen-bond acceptors (Lipinski definition) is 4. The van der Waals surface area contributed by atoms with Crippen LogP contribution in [0.15, 0.2) is 0 Å². The third-order valence-corrected chi connectivity index (χ3v) is 4.77. The maximum absolute atomic E-state index is 10.8. The molecule has 6 heteroatoms. The molecule has 5 nitrogen and oxygen atoms in total. The predicted octanol–water partition coefficient (Wildman–Crippen LogP) is 1.42. The van der Waals surface area contributed by atoms with Gasteiger partial charge in [-0.3, -0.25) is 0 Å². The second kappa shape index (κ2) is 9.62. The Bertz CT molecular complexity index is 186. The fourth-order valence-electron chi connectivity index (χ4n) is 1.32. The van der Waals surface area contributed by atoms with Gasteiger partial charge in [0.05, 0.1) is 7.11 Å². The zero-order chi connectivity index (χ0) is 12.4. The molecule has 16 heavy (non-hydrogen) atoms. The van der Waals surface area contributed by atoms with Crippen molar-refractivity contribution in [1.82, 2.24) is 5.32 Å². The molecule has 96 valence electrons. The first-order valence-corrected chi connectivity index (χ1v) is 7.31. The van der Waals surface area contributed by atoms with Crippen molar-refractivity contribution in [2.75, 3.05) is 26.9 Å². The average Bonchev–Trinajstić information content (AvgIpc) is 2.28.